The highest BCUT2D eigenvalue weighted by atomic mass is 127. The van der Waals surface area contributed by atoms with Gasteiger partial charge in [-0.1, -0.05) is 18.2 Å². The predicted molar refractivity (Wildman–Crippen MR) is 107 cm³/mol. The Bertz CT molecular complexity index is 675. The van der Waals surface area contributed by atoms with Gasteiger partial charge in [0.1, 0.15) is 5.82 Å². The molecule has 1 aromatic carbocycles. The Labute approximate surface area is 159 Å². The molecule has 0 unspecified atom stereocenters. The number of guanidine groups is 1. The van der Waals surface area contributed by atoms with Crippen LogP contribution in [0.1, 0.15) is 29.9 Å². The number of nitrogens with one attached hydrogen (secondary N) is 1. The number of rotatable bonds is 5. The minimum Gasteiger partial charge on any atom is -0.380 e. The van der Waals surface area contributed by atoms with E-state index in [-0.39, 0.29) is 24.0 Å². The monoisotopic (exact) mass is 441 g/mol. The van der Waals surface area contributed by atoms with Crippen LogP contribution < -0.4 is 11.1 Å². The lowest BCUT2D eigenvalue weighted by molar-refractivity contribution is 0.185. The van der Waals surface area contributed by atoms with Gasteiger partial charge in [0.05, 0.1) is 18.8 Å². The Morgan fingerprint density at radius 1 is 1.38 bits per heavy atom. The Balaban J connectivity index is 0.00000208. The van der Waals surface area contributed by atoms with Gasteiger partial charge in [-0.2, -0.15) is 0 Å². The summed E-state index contributed by atoms with van der Waals surface area (Å²) in [5.41, 5.74) is 8.94. The van der Waals surface area contributed by atoms with Gasteiger partial charge in [-0.25, -0.2) is 9.98 Å². The van der Waals surface area contributed by atoms with Crippen LogP contribution in [0.5, 0.6) is 0 Å². The topological polar surface area (TPSA) is 77.5 Å². The van der Waals surface area contributed by atoms with E-state index in [1.54, 1.807) is 7.11 Å². The third kappa shape index (κ3) is 4.70. The second-order valence-corrected chi connectivity index (χ2v) is 5.72. The number of hydrogen-bond donors (Lipinski definition) is 2. The SMILES string of the molecule is COCc1ccccc1NC(N)=NCc1cn2c(n1)CCCC2.I. The Morgan fingerprint density at radius 3 is 3.00 bits per heavy atom. The Hall–Kier alpha value is -1.61. The van der Waals surface area contributed by atoms with Crippen molar-refractivity contribution in [2.45, 2.75) is 39.0 Å². The molecular formula is C17H24IN5O. The molecule has 0 fully saturated rings. The Kier molecular flexibility index (Phi) is 7.04. The molecule has 1 aliphatic rings. The summed E-state index contributed by atoms with van der Waals surface area (Å²) in [6.45, 7) is 2.08. The number of ether oxygens (including phenoxy) is 1. The van der Waals surface area contributed by atoms with E-state index in [0.29, 0.717) is 19.1 Å². The van der Waals surface area contributed by atoms with Gasteiger partial charge in [0.15, 0.2) is 5.96 Å². The van der Waals surface area contributed by atoms with Crippen LogP contribution in [0.4, 0.5) is 5.69 Å². The standard InChI is InChI=1S/C17H23N5O.HI/c1-23-12-13-6-2-3-7-15(13)21-17(18)19-10-14-11-22-9-5-4-8-16(22)20-14;/h2-3,6-7,11H,4-5,8-10,12H2,1H3,(H3,18,19,21);1H. The van der Waals surface area contributed by atoms with E-state index in [9.17, 15) is 0 Å². The number of methoxy groups -OCH3 is 1. The number of aliphatic imine (C=N–C) groups is 1. The van der Waals surface area contributed by atoms with Gasteiger partial charge >= 0.3 is 0 Å². The summed E-state index contributed by atoms with van der Waals surface area (Å²) in [6.07, 6.45) is 5.59. The van der Waals surface area contributed by atoms with Crippen molar-refractivity contribution in [3.8, 4) is 0 Å². The van der Waals surface area contributed by atoms with Crippen molar-refractivity contribution in [2.75, 3.05) is 12.4 Å². The molecule has 130 valence electrons. The van der Waals surface area contributed by atoms with Crippen molar-refractivity contribution in [1.82, 2.24) is 9.55 Å². The first-order chi connectivity index (χ1) is 11.3. The van der Waals surface area contributed by atoms with E-state index in [0.717, 1.165) is 29.9 Å². The minimum atomic E-state index is 0. The number of aryl methyl sites for hydroxylation is 2. The number of fused-ring (bicyclic) bond motifs is 1. The number of imidazole rings is 1. The molecule has 2 aromatic rings. The van der Waals surface area contributed by atoms with Crippen LogP contribution in [0, 0.1) is 0 Å². The number of nitrogens with zero attached hydrogens (tertiary/aromatic N) is 3. The smallest absolute Gasteiger partial charge is 0.193 e. The third-order valence-electron chi connectivity index (χ3n) is 3.95. The van der Waals surface area contributed by atoms with Crippen LogP contribution in [0.3, 0.4) is 0 Å². The molecule has 1 aromatic heterocycles. The first kappa shape index (κ1) is 18.7. The molecule has 6 nitrogen and oxygen atoms in total. The van der Waals surface area contributed by atoms with E-state index < -0.39 is 0 Å². The van der Waals surface area contributed by atoms with Gasteiger partial charge < -0.3 is 20.4 Å². The van der Waals surface area contributed by atoms with Crippen LogP contribution in [0.15, 0.2) is 35.5 Å². The summed E-state index contributed by atoms with van der Waals surface area (Å²) in [7, 11) is 1.68. The molecule has 0 saturated heterocycles. The zero-order chi connectivity index (χ0) is 16.1. The number of benzene rings is 1. The molecule has 2 heterocycles. The number of halogens is 1. The molecule has 0 radical (unpaired) electrons. The molecule has 3 N–H and O–H groups in total. The molecule has 0 amide bonds. The Morgan fingerprint density at radius 2 is 2.21 bits per heavy atom. The van der Waals surface area contributed by atoms with Gasteiger partial charge in [-0.05, 0) is 18.9 Å². The van der Waals surface area contributed by atoms with Crippen LogP contribution >= 0.6 is 24.0 Å². The molecular weight excluding hydrogens is 417 g/mol. The molecule has 0 spiro atoms. The van der Waals surface area contributed by atoms with Gasteiger partial charge in [0.2, 0.25) is 0 Å². The van der Waals surface area contributed by atoms with E-state index >= 15 is 0 Å². The average Bonchev–Trinajstić information content (AvgIpc) is 2.98. The summed E-state index contributed by atoms with van der Waals surface area (Å²) in [4.78, 5) is 9.03. The van der Waals surface area contributed by atoms with Crippen LogP contribution in [0.25, 0.3) is 0 Å². The third-order valence-corrected chi connectivity index (χ3v) is 3.95. The summed E-state index contributed by atoms with van der Waals surface area (Å²) < 4.78 is 7.42. The van der Waals surface area contributed by atoms with Crippen molar-refractivity contribution in [2.24, 2.45) is 10.7 Å². The summed E-state index contributed by atoms with van der Waals surface area (Å²) in [6, 6.07) is 7.90. The van der Waals surface area contributed by atoms with Gasteiger partial charge in [-0.15, -0.1) is 24.0 Å². The lowest BCUT2D eigenvalue weighted by Gasteiger charge is -2.11. The average molecular weight is 441 g/mol. The number of hydrogen-bond acceptors (Lipinski definition) is 3. The molecule has 7 heteroatoms. The number of nitrogens with two attached hydrogens (primary N) is 1. The zero-order valence-electron chi connectivity index (χ0n) is 13.9. The normalized spacial score (nSPS) is 14.0. The van der Waals surface area contributed by atoms with E-state index in [2.05, 4.69) is 26.1 Å². The van der Waals surface area contributed by atoms with E-state index in [1.165, 1.54) is 18.7 Å². The molecule has 24 heavy (non-hydrogen) atoms. The van der Waals surface area contributed by atoms with Crippen molar-refractivity contribution in [1.29, 1.82) is 0 Å². The molecule has 0 bridgehead atoms. The van der Waals surface area contributed by atoms with Crippen molar-refractivity contribution in [3.05, 3.63) is 47.5 Å². The fraction of sp³-hybridized carbons (Fsp3) is 0.412. The minimum absolute atomic E-state index is 0. The largest absolute Gasteiger partial charge is 0.380 e. The van der Waals surface area contributed by atoms with Gasteiger partial charge in [0.25, 0.3) is 0 Å². The fourth-order valence-electron chi connectivity index (χ4n) is 2.82. The molecule has 0 saturated carbocycles. The highest BCUT2D eigenvalue weighted by Gasteiger charge is 2.11. The molecule has 0 aliphatic carbocycles. The molecule has 1 aliphatic heterocycles. The lowest BCUT2D eigenvalue weighted by Crippen LogP contribution is -2.23. The van der Waals surface area contributed by atoms with Crippen LogP contribution in [-0.4, -0.2) is 22.6 Å². The quantitative estimate of drug-likeness (QED) is 0.425. The number of para-hydroxylation sites is 1. The van der Waals surface area contributed by atoms with Crippen molar-refractivity contribution >= 4 is 35.6 Å². The summed E-state index contributed by atoms with van der Waals surface area (Å²) >= 11 is 0. The summed E-state index contributed by atoms with van der Waals surface area (Å²) in [5.74, 6) is 1.55. The van der Waals surface area contributed by atoms with Crippen molar-refractivity contribution < 1.29 is 4.74 Å². The highest BCUT2D eigenvalue weighted by Crippen LogP contribution is 2.16. The fourth-order valence-corrected chi connectivity index (χ4v) is 2.82. The maximum Gasteiger partial charge on any atom is 0.193 e. The molecule has 0 atom stereocenters. The van der Waals surface area contributed by atoms with Crippen LogP contribution in [0.2, 0.25) is 0 Å². The maximum absolute atomic E-state index is 6.00. The number of anilines is 1. The van der Waals surface area contributed by atoms with Crippen molar-refractivity contribution in [3.63, 3.8) is 0 Å². The first-order valence-corrected chi connectivity index (χ1v) is 7.95. The lowest BCUT2D eigenvalue weighted by atomic mass is 10.2. The molecule has 3 rings (SSSR count). The number of aromatic nitrogens is 2. The maximum atomic E-state index is 6.00. The summed E-state index contributed by atoms with van der Waals surface area (Å²) in [5, 5.41) is 3.14. The first-order valence-electron chi connectivity index (χ1n) is 7.95. The zero-order valence-corrected chi connectivity index (χ0v) is 16.2. The second-order valence-electron chi connectivity index (χ2n) is 5.72. The van der Waals surface area contributed by atoms with Gasteiger partial charge in [0, 0.05) is 37.5 Å². The second kappa shape index (κ2) is 9.03. The highest BCUT2D eigenvalue weighted by molar-refractivity contribution is 14.0. The van der Waals surface area contributed by atoms with Gasteiger partial charge in [-0.3, -0.25) is 0 Å². The van der Waals surface area contributed by atoms with E-state index in [1.807, 2.05) is 24.3 Å². The van der Waals surface area contributed by atoms with Crippen LogP contribution in [-0.2, 0) is 30.9 Å². The van der Waals surface area contributed by atoms with E-state index in [4.69, 9.17) is 10.5 Å². The predicted octanol–water partition coefficient (Wildman–Crippen LogP) is 2.91.